The van der Waals surface area contributed by atoms with Gasteiger partial charge in [0.05, 0.1) is 12.1 Å². The molecule has 0 spiro atoms. The molecule has 1 heterocycles. The van der Waals surface area contributed by atoms with Crippen LogP contribution in [0.15, 0.2) is 0 Å². The second kappa shape index (κ2) is 3.98. The summed E-state index contributed by atoms with van der Waals surface area (Å²) in [7, 11) is 1.66. The summed E-state index contributed by atoms with van der Waals surface area (Å²) in [6.07, 6.45) is -0.391. The van der Waals surface area contributed by atoms with Gasteiger partial charge in [0.1, 0.15) is 5.60 Å². The van der Waals surface area contributed by atoms with Crippen molar-refractivity contribution < 1.29 is 14.6 Å². The van der Waals surface area contributed by atoms with E-state index in [1.807, 2.05) is 20.8 Å². The van der Waals surface area contributed by atoms with Crippen LogP contribution in [0.3, 0.4) is 0 Å². The summed E-state index contributed by atoms with van der Waals surface area (Å²) in [5.41, 5.74) is -0.985. The standard InChI is InChI=1S/C10H20N2O3/c1-9(2,3)15-8(14)12(4)10(7-13)5-11-6-10/h11,13H,5-7H2,1-4H3. The Kier molecular flexibility index (Phi) is 3.25. The van der Waals surface area contributed by atoms with E-state index in [9.17, 15) is 9.90 Å². The molecule has 0 aromatic rings. The van der Waals surface area contributed by atoms with Gasteiger partial charge in [0.15, 0.2) is 0 Å². The van der Waals surface area contributed by atoms with Gasteiger partial charge in [-0.25, -0.2) is 4.79 Å². The largest absolute Gasteiger partial charge is 0.444 e. The fourth-order valence-corrected chi connectivity index (χ4v) is 1.39. The molecule has 1 aliphatic rings. The number of hydrogen-bond donors (Lipinski definition) is 2. The Bertz CT molecular complexity index is 238. The third kappa shape index (κ3) is 2.60. The van der Waals surface area contributed by atoms with Crippen molar-refractivity contribution in [3.05, 3.63) is 0 Å². The van der Waals surface area contributed by atoms with Gasteiger partial charge in [-0.05, 0) is 20.8 Å². The lowest BCUT2D eigenvalue weighted by Gasteiger charge is -2.47. The average Bonchev–Trinajstić information content (AvgIpc) is 1.99. The van der Waals surface area contributed by atoms with Crippen LogP contribution >= 0.6 is 0 Å². The summed E-state index contributed by atoms with van der Waals surface area (Å²) in [6, 6.07) is 0. The number of aliphatic hydroxyl groups excluding tert-OH is 1. The molecule has 5 nitrogen and oxygen atoms in total. The van der Waals surface area contributed by atoms with Gasteiger partial charge >= 0.3 is 6.09 Å². The van der Waals surface area contributed by atoms with E-state index in [-0.39, 0.29) is 6.61 Å². The number of likely N-dealkylation sites (N-methyl/N-ethyl adjacent to an activating group) is 1. The minimum Gasteiger partial charge on any atom is -0.444 e. The van der Waals surface area contributed by atoms with Gasteiger partial charge in [-0.3, -0.25) is 0 Å². The molecule has 0 unspecified atom stereocenters. The monoisotopic (exact) mass is 216 g/mol. The molecule has 0 atom stereocenters. The lowest BCUT2D eigenvalue weighted by atomic mass is 9.92. The van der Waals surface area contributed by atoms with E-state index >= 15 is 0 Å². The summed E-state index contributed by atoms with van der Waals surface area (Å²) in [5, 5.41) is 12.3. The fourth-order valence-electron chi connectivity index (χ4n) is 1.39. The maximum absolute atomic E-state index is 11.7. The smallest absolute Gasteiger partial charge is 0.410 e. The Labute approximate surface area is 90.4 Å². The average molecular weight is 216 g/mol. The normalized spacial score (nSPS) is 19.3. The zero-order valence-electron chi connectivity index (χ0n) is 9.83. The topological polar surface area (TPSA) is 61.8 Å². The van der Waals surface area contributed by atoms with E-state index in [1.54, 1.807) is 7.05 Å². The summed E-state index contributed by atoms with van der Waals surface area (Å²) in [5.74, 6) is 0. The van der Waals surface area contributed by atoms with Gasteiger partial charge in [0.25, 0.3) is 0 Å². The molecule has 1 rings (SSSR count). The minimum atomic E-state index is -0.501. The molecule has 1 aliphatic heterocycles. The molecule has 0 aromatic carbocycles. The van der Waals surface area contributed by atoms with Crippen molar-refractivity contribution >= 4 is 6.09 Å². The molecule has 1 fully saturated rings. The molecule has 2 N–H and O–H groups in total. The molecule has 5 heteroatoms. The Morgan fingerprint density at radius 3 is 2.33 bits per heavy atom. The molecule has 15 heavy (non-hydrogen) atoms. The van der Waals surface area contributed by atoms with Gasteiger partial charge in [-0.2, -0.15) is 0 Å². The van der Waals surface area contributed by atoms with Crippen LogP contribution in [0.25, 0.3) is 0 Å². The Hall–Kier alpha value is -0.810. The highest BCUT2D eigenvalue weighted by atomic mass is 16.6. The number of rotatable bonds is 2. The SMILES string of the molecule is CN(C(=O)OC(C)(C)C)C1(CO)CNC1. The number of aliphatic hydroxyl groups is 1. The summed E-state index contributed by atoms with van der Waals surface area (Å²) in [6.45, 7) is 6.64. The highest BCUT2D eigenvalue weighted by molar-refractivity contribution is 5.69. The molecular weight excluding hydrogens is 196 g/mol. The van der Waals surface area contributed by atoms with Crippen molar-refractivity contribution in [2.45, 2.75) is 31.9 Å². The number of hydrogen-bond acceptors (Lipinski definition) is 4. The predicted octanol–water partition coefficient (Wildman–Crippen LogP) is 0.188. The van der Waals surface area contributed by atoms with Crippen LogP contribution in [-0.2, 0) is 4.74 Å². The van der Waals surface area contributed by atoms with Crippen molar-refractivity contribution in [1.29, 1.82) is 0 Å². The van der Waals surface area contributed by atoms with E-state index in [2.05, 4.69) is 5.32 Å². The summed E-state index contributed by atoms with van der Waals surface area (Å²) < 4.78 is 5.23. The zero-order chi connectivity index (χ0) is 11.7. The number of nitrogens with zero attached hydrogens (tertiary/aromatic N) is 1. The van der Waals surface area contributed by atoms with E-state index in [0.29, 0.717) is 13.1 Å². The molecule has 0 radical (unpaired) electrons. The number of nitrogens with one attached hydrogen (secondary N) is 1. The van der Waals surface area contributed by atoms with Crippen LogP contribution in [0.4, 0.5) is 4.79 Å². The second-order valence-corrected chi connectivity index (χ2v) is 5.03. The molecular formula is C10H20N2O3. The van der Waals surface area contributed by atoms with E-state index in [1.165, 1.54) is 4.90 Å². The highest BCUT2D eigenvalue weighted by Crippen LogP contribution is 2.21. The Balaban J connectivity index is 2.60. The van der Waals surface area contributed by atoms with Crippen molar-refractivity contribution in [1.82, 2.24) is 10.2 Å². The Morgan fingerprint density at radius 2 is 2.07 bits per heavy atom. The van der Waals surface area contributed by atoms with Crippen molar-refractivity contribution in [3.8, 4) is 0 Å². The van der Waals surface area contributed by atoms with Crippen LogP contribution in [0.2, 0.25) is 0 Å². The predicted molar refractivity (Wildman–Crippen MR) is 56.7 cm³/mol. The molecule has 1 amide bonds. The molecule has 88 valence electrons. The van der Waals surface area contributed by atoms with Crippen molar-refractivity contribution in [3.63, 3.8) is 0 Å². The van der Waals surface area contributed by atoms with E-state index < -0.39 is 17.2 Å². The third-order valence-corrected chi connectivity index (χ3v) is 2.58. The van der Waals surface area contributed by atoms with Gasteiger partial charge in [0.2, 0.25) is 0 Å². The number of carbonyl (C=O) groups excluding carboxylic acids is 1. The first-order chi connectivity index (χ1) is 6.81. The van der Waals surface area contributed by atoms with Gasteiger partial charge in [-0.1, -0.05) is 0 Å². The number of amides is 1. The number of carbonyl (C=O) groups is 1. The minimum absolute atomic E-state index is 0.0459. The maximum atomic E-state index is 11.7. The van der Waals surface area contributed by atoms with Gasteiger partial charge in [0, 0.05) is 20.1 Å². The van der Waals surface area contributed by atoms with Crippen LogP contribution < -0.4 is 5.32 Å². The van der Waals surface area contributed by atoms with Gasteiger partial charge in [-0.15, -0.1) is 0 Å². The first-order valence-electron chi connectivity index (χ1n) is 5.09. The molecule has 0 aliphatic carbocycles. The van der Waals surface area contributed by atoms with Gasteiger partial charge < -0.3 is 20.1 Å². The van der Waals surface area contributed by atoms with E-state index in [4.69, 9.17) is 4.74 Å². The fraction of sp³-hybridized carbons (Fsp3) is 0.900. The van der Waals surface area contributed by atoms with Crippen LogP contribution in [0.5, 0.6) is 0 Å². The van der Waals surface area contributed by atoms with Crippen LogP contribution in [0.1, 0.15) is 20.8 Å². The van der Waals surface area contributed by atoms with Crippen LogP contribution in [-0.4, -0.2) is 54.0 Å². The highest BCUT2D eigenvalue weighted by Gasteiger charge is 2.43. The van der Waals surface area contributed by atoms with E-state index in [0.717, 1.165) is 0 Å². The Morgan fingerprint density at radius 1 is 1.53 bits per heavy atom. The molecule has 0 aromatic heterocycles. The van der Waals surface area contributed by atoms with Crippen molar-refractivity contribution in [2.24, 2.45) is 0 Å². The second-order valence-electron chi connectivity index (χ2n) is 5.03. The van der Waals surface area contributed by atoms with Crippen LogP contribution in [0, 0.1) is 0 Å². The third-order valence-electron chi connectivity index (χ3n) is 2.58. The quantitative estimate of drug-likeness (QED) is 0.691. The first kappa shape index (κ1) is 12.3. The first-order valence-corrected chi connectivity index (χ1v) is 5.09. The molecule has 0 bridgehead atoms. The zero-order valence-corrected chi connectivity index (χ0v) is 9.83. The number of ether oxygens (including phenoxy) is 1. The summed E-state index contributed by atoms with van der Waals surface area (Å²) in [4.78, 5) is 13.2. The van der Waals surface area contributed by atoms with Crippen molar-refractivity contribution in [2.75, 3.05) is 26.7 Å². The summed E-state index contributed by atoms with van der Waals surface area (Å²) >= 11 is 0. The lowest BCUT2D eigenvalue weighted by Crippen LogP contribution is -2.71. The maximum Gasteiger partial charge on any atom is 0.410 e. The lowest BCUT2D eigenvalue weighted by molar-refractivity contribution is -0.0269. The molecule has 0 saturated carbocycles. The molecule has 1 saturated heterocycles.